The zero-order chi connectivity index (χ0) is 11.6. The second-order valence-corrected chi connectivity index (χ2v) is 5.21. The summed E-state index contributed by atoms with van der Waals surface area (Å²) in [6.45, 7) is 2.13. The van der Waals surface area contributed by atoms with Crippen LogP contribution < -0.4 is 0 Å². The molecule has 0 radical (unpaired) electrons. The number of aromatic nitrogens is 2. The van der Waals surface area contributed by atoms with Crippen molar-refractivity contribution < 1.29 is 4.79 Å². The zero-order valence-electron chi connectivity index (χ0n) is 10.2. The van der Waals surface area contributed by atoms with Crippen LogP contribution in [0.4, 0.5) is 0 Å². The first-order chi connectivity index (χ1) is 7.60. The van der Waals surface area contributed by atoms with E-state index in [1.165, 1.54) is 12.8 Å². The third-order valence-corrected chi connectivity index (χ3v) is 3.78. The molecule has 0 spiro atoms. The van der Waals surface area contributed by atoms with Crippen molar-refractivity contribution in [1.82, 2.24) is 9.78 Å². The molecule has 3 heteroatoms. The number of nitrogens with zero attached hydrogens (tertiary/aromatic N) is 2. The molecule has 3 nitrogen and oxygen atoms in total. The lowest BCUT2D eigenvalue weighted by atomic mass is 9.82. The molecule has 1 aromatic heterocycles. The molecule has 88 valence electrons. The maximum Gasteiger partial charge on any atom is 0.139 e. The third kappa shape index (κ3) is 2.34. The Labute approximate surface area is 96.8 Å². The van der Waals surface area contributed by atoms with Gasteiger partial charge in [0.15, 0.2) is 0 Å². The summed E-state index contributed by atoms with van der Waals surface area (Å²) in [6.07, 6.45) is 9.95. The predicted octanol–water partition coefficient (Wildman–Crippen LogP) is 2.50. The maximum absolute atomic E-state index is 12.1. The van der Waals surface area contributed by atoms with Crippen molar-refractivity contribution in [2.75, 3.05) is 0 Å². The van der Waals surface area contributed by atoms with Crippen molar-refractivity contribution in [3.8, 4) is 0 Å². The largest absolute Gasteiger partial charge is 0.299 e. The summed E-state index contributed by atoms with van der Waals surface area (Å²) in [6, 6.07) is 0. The molecule has 0 N–H and O–H groups in total. The SMILES string of the molecule is Cn1cc(CCC(=O)C2(C)CCCC2)cn1. The normalized spacial score (nSPS) is 18.9. The first-order valence-electron chi connectivity index (χ1n) is 6.11. The minimum Gasteiger partial charge on any atom is -0.299 e. The van der Waals surface area contributed by atoms with Crippen molar-refractivity contribution in [1.29, 1.82) is 0 Å². The number of aryl methyl sites for hydroxylation is 2. The highest BCUT2D eigenvalue weighted by atomic mass is 16.1. The zero-order valence-corrected chi connectivity index (χ0v) is 10.2. The monoisotopic (exact) mass is 220 g/mol. The van der Waals surface area contributed by atoms with Crippen LogP contribution in [0.5, 0.6) is 0 Å². The van der Waals surface area contributed by atoms with E-state index in [9.17, 15) is 4.79 Å². The van der Waals surface area contributed by atoms with Crippen LogP contribution >= 0.6 is 0 Å². The van der Waals surface area contributed by atoms with Gasteiger partial charge in [0.25, 0.3) is 0 Å². The lowest BCUT2D eigenvalue weighted by Gasteiger charge is -2.21. The lowest BCUT2D eigenvalue weighted by molar-refractivity contribution is -0.127. The van der Waals surface area contributed by atoms with Crippen molar-refractivity contribution in [2.45, 2.75) is 45.4 Å². The number of Topliss-reactive ketones (excluding diaryl/α,β-unsaturated/α-hetero) is 1. The number of carbonyl (C=O) groups excluding carboxylic acids is 1. The molecule has 0 saturated heterocycles. The molecule has 0 aliphatic heterocycles. The van der Waals surface area contributed by atoms with Crippen LogP contribution in [-0.2, 0) is 18.3 Å². The fraction of sp³-hybridized carbons (Fsp3) is 0.692. The summed E-state index contributed by atoms with van der Waals surface area (Å²) < 4.78 is 1.79. The van der Waals surface area contributed by atoms with Crippen molar-refractivity contribution in [3.05, 3.63) is 18.0 Å². The Morgan fingerprint density at radius 1 is 1.50 bits per heavy atom. The Morgan fingerprint density at radius 3 is 2.75 bits per heavy atom. The highest BCUT2D eigenvalue weighted by Gasteiger charge is 2.35. The minimum atomic E-state index is -0.0256. The van der Waals surface area contributed by atoms with Gasteiger partial charge in [-0.05, 0) is 24.8 Å². The van der Waals surface area contributed by atoms with E-state index in [1.807, 2.05) is 19.4 Å². The van der Waals surface area contributed by atoms with Gasteiger partial charge >= 0.3 is 0 Å². The van der Waals surface area contributed by atoms with Gasteiger partial charge < -0.3 is 0 Å². The highest BCUT2D eigenvalue weighted by Crippen LogP contribution is 2.39. The Hall–Kier alpha value is -1.12. The number of ketones is 1. The molecule has 0 atom stereocenters. The third-order valence-electron chi connectivity index (χ3n) is 3.78. The minimum absolute atomic E-state index is 0.0256. The summed E-state index contributed by atoms with van der Waals surface area (Å²) in [5.74, 6) is 0.439. The summed E-state index contributed by atoms with van der Waals surface area (Å²) in [5, 5.41) is 4.11. The molecule has 1 fully saturated rings. The van der Waals surface area contributed by atoms with E-state index < -0.39 is 0 Å². The summed E-state index contributed by atoms with van der Waals surface area (Å²) in [7, 11) is 1.91. The molecular weight excluding hydrogens is 200 g/mol. The molecule has 2 rings (SSSR count). The number of rotatable bonds is 4. The van der Waals surface area contributed by atoms with E-state index in [0.717, 1.165) is 24.8 Å². The van der Waals surface area contributed by atoms with E-state index in [1.54, 1.807) is 4.68 Å². The van der Waals surface area contributed by atoms with Gasteiger partial charge in [-0.1, -0.05) is 19.8 Å². The maximum atomic E-state index is 12.1. The van der Waals surface area contributed by atoms with Gasteiger partial charge in [0.2, 0.25) is 0 Å². The van der Waals surface area contributed by atoms with Crippen LogP contribution in [0.3, 0.4) is 0 Å². The summed E-state index contributed by atoms with van der Waals surface area (Å²) in [4.78, 5) is 12.1. The number of hydrogen-bond donors (Lipinski definition) is 0. The molecule has 0 bridgehead atoms. The van der Waals surface area contributed by atoms with Crippen molar-refractivity contribution >= 4 is 5.78 Å². The molecule has 1 aliphatic carbocycles. The van der Waals surface area contributed by atoms with Gasteiger partial charge in [-0.2, -0.15) is 5.10 Å². The lowest BCUT2D eigenvalue weighted by Crippen LogP contribution is -2.24. The van der Waals surface area contributed by atoms with Crippen LogP contribution in [0.1, 0.15) is 44.6 Å². The summed E-state index contributed by atoms with van der Waals surface area (Å²) in [5.41, 5.74) is 1.14. The first kappa shape index (κ1) is 11.4. The Morgan fingerprint density at radius 2 is 2.19 bits per heavy atom. The first-order valence-corrected chi connectivity index (χ1v) is 6.11. The van der Waals surface area contributed by atoms with Crippen LogP contribution in [-0.4, -0.2) is 15.6 Å². The van der Waals surface area contributed by atoms with Crippen LogP contribution in [0.2, 0.25) is 0 Å². The van der Waals surface area contributed by atoms with Crippen LogP contribution in [0.25, 0.3) is 0 Å². The second kappa shape index (κ2) is 4.40. The standard InChI is InChI=1S/C13H20N2O/c1-13(7-3-4-8-13)12(16)6-5-11-9-14-15(2)10-11/h9-10H,3-8H2,1-2H3. The molecule has 0 aromatic carbocycles. The molecule has 1 heterocycles. The predicted molar refractivity (Wildman–Crippen MR) is 63.1 cm³/mol. The van der Waals surface area contributed by atoms with Crippen molar-refractivity contribution in [3.63, 3.8) is 0 Å². The fourth-order valence-electron chi connectivity index (χ4n) is 2.59. The Balaban J connectivity index is 1.88. The molecule has 1 aliphatic rings. The average molecular weight is 220 g/mol. The van der Waals surface area contributed by atoms with Gasteiger partial charge in [0, 0.05) is 25.1 Å². The quantitative estimate of drug-likeness (QED) is 0.781. The molecule has 1 aromatic rings. The molecule has 1 saturated carbocycles. The Bertz CT molecular complexity index is 375. The van der Waals surface area contributed by atoms with Gasteiger partial charge in [-0.25, -0.2) is 0 Å². The molecule has 16 heavy (non-hydrogen) atoms. The van der Waals surface area contributed by atoms with Gasteiger partial charge in [-0.3, -0.25) is 9.48 Å². The van der Waals surface area contributed by atoms with E-state index in [0.29, 0.717) is 12.2 Å². The molecule has 0 unspecified atom stereocenters. The number of carbonyl (C=O) groups is 1. The van der Waals surface area contributed by atoms with Gasteiger partial charge in [0.1, 0.15) is 5.78 Å². The second-order valence-electron chi connectivity index (χ2n) is 5.21. The van der Waals surface area contributed by atoms with E-state index >= 15 is 0 Å². The van der Waals surface area contributed by atoms with Crippen molar-refractivity contribution in [2.24, 2.45) is 12.5 Å². The number of hydrogen-bond acceptors (Lipinski definition) is 2. The Kier molecular flexibility index (Phi) is 3.13. The molecular formula is C13H20N2O. The van der Waals surface area contributed by atoms with Crippen LogP contribution in [0.15, 0.2) is 12.4 Å². The summed E-state index contributed by atoms with van der Waals surface area (Å²) >= 11 is 0. The average Bonchev–Trinajstić information content (AvgIpc) is 2.85. The van der Waals surface area contributed by atoms with Gasteiger partial charge in [0.05, 0.1) is 6.20 Å². The highest BCUT2D eigenvalue weighted by molar-refractivity contribution is 5.84. The van der Waals surface area contributed by atoms with E-state index in [4.69, 9.17) is 0 Å². The molecule has 0 amide bonds. The van der Waals surface area contributed by atoms with E-state index in [2.05, 4.69) is 12.0 Å². The van der Waals surface area contributed by atoms with Gasteiger partial charge in [-0.15, -0.1) is 0 Å². The fourth-order valence-corrected chi connectivity index (χ4v) is 2.59. The topological polar surface area (TPSA) is 34.9 Å². The van der Waals surface area contributed by atoms with E-state index in [-0.39, 0.29) is 5.41 Å². The van der Waals surface area contributed by atoms with Crippen LogP contribution in [0, 0.1) is 5.41 Å². The smallest absolute Gasteiger partial charge is 0.139 e.